The minimum absolute atomic E-state index is 0.0199. The molecule has 0 aliphatic carbocycles. The van der Waals surface area contributed by atoms with Crippen LogP contribution in [0.25, 0.3) is 0 Å². The number of hydrogen-bond donors (Lipinski definition) is 8. The molecule has 0 aromatic heterocycles. The summed E-state index contributed by atoms with van der Waals surface area (Å²) >= 11 is 0. The highest BCUT2D eigenvalue weighted by atomic mass is 16.4. The Labute approximate surface area is 198 Å². The van der Waals surface area contributed by atoms with E-state index in [2.05, 4.69) is 20.9 Å². The van der Waals surface area contributed by atoms with Crippen molar-refractivity contribution in [1.82, 2.24) is 16.0 Å². The zero-order valence-corrected chi connectivity index (χ0v) is 19.9. The summed E-state index contributed by atoms with van der Waals surface area (Å²) in [6.07, 6.45) is 0.552. The number of aliphatic imine (C=N–C) groups is 1. The van der Waals surface area contributed by atoms with Crippen LogP contribution in [0.15, 0.2) is 4.99 Å². The van der Waals surface area contributed by atoms with Crippen molar-refractivity contribution in [3.8, 4) is 0 Å². The Balaban J connectivity index is 5.32. The number of carbonyl (C=O) groups excluding carboxylic acids is 4. The fourth-order valence-electron chi connectivity index (χ4n) is 2.84. The van der Waals surface area contributed by atoms with E-state index in [0.29, 0.717) is 6.42 Å². The monoisotopic (exact) mass is 486 g/mol. The third kappa shape index (κ3) is 13.2. The molecule has 14 heteroatoms. The molecule has 4 amide bonds. The summed E-state index contributed by atoms with van der Waals surface area (Å²) in [5, 5.41) is 16.3. The molecule has 0 aliphatic heterocycles. The lowest BCUT2D eigenvalue weighted by Gasteiger charge is -2.25. The van der Waals surface area contributed by atoms with Crippen molar-refractivity contribution in [2.75, 3.05) is 6.54 Å². The van der Waals surface area contributed by atoms with Gasteiger partial charge in [-0.3, -0.25) is 29.0 Å². The topological polar surface area (TPSA) is 258 Å². The zero-order chi connectivity index (χ0) is 26.4. The standard InChI is InChI=1S/C20H38N8O6/c1-10(2)9-14(18(32)26-11(3)19(33)34)28-17(31)13(6-7-15(22)29)27-16(30)12(21)5-4-8-25-20(23)24/h10-14H,4-9,21H2,1-3H3,(H2,22,29)(H,26,32)(H,27,30)(H,28,31)(H,33,34)(H4,23,24,25). The molecule has 34 heavy (non-hydrogen) atoms. The van der Waals surface area contributed by atoms with Crippen molar-refractivity contribution < 1.29 is 29.1 Å². The number of guanidine groups is 1. The molecule has 0 fully saturated rings. The summed E-state index contributed by atoms with van der Waals surface area (Å²) in [5.41, 5.74) is 21.5. The minimum atomic E-state index is -1.23. The van der Waals surface area contributed by atoms with Crippen LogP contribution < -0.4 is 38.9 Å². The lowest BCUT2D eigenvalue weighted by atomic mass is 10.0. The van der Waals surface area contributed by atoms with E-state index in [9.17, 15) is 24.0 Å². The van der Waals surface area contributed by atoms with Gasteiger partial charge in [0.25, 0.3) is 0 Å². The van der Waals surface area contributed by atoms with Crippen LogP contribution in [0.2, 0.25) is 0 Å². The largest absolute Gasteiger partial charge is 0.480 e. The first-order chi connectivity index (χ1) is 15.7. The first kappa shape index (κ1) is 30.6. The number of carboxylic acids is 1. The Morgan fingerprint density at radius 2 is 1.41 bits per heavy atom. The van der Waals surface area contributed by atoms with Gasteiger partial charge in [-0.2, -0.15) is 0 Å². The summed E-state index contributed by atoms with van der Waals surface area (Å²) in [5.74, 6) is -4.07. The average molecular weight is 487 g/mol. The van der Waals surface area contributed by atoms with Crippen LogP contribution >= 0.6 is 0 Å². The van der Waals surface area contributed by atoms with Gasteiger partial charge in [-0.05, 0) is 38.5 Å². The molecule has 194 valence electrons. The summed E-state index contributed by atoms with van der Waals surface area (Å²) in [6.45, 7) is 5.20. The number of rotatable bonds is 16. The van der Waals surface area contributed by atoms with Crippen LogP contribution in [-0.2, 0) is 24.0 Å². The lowest BCUT2D eigenvalue weighted by Crippen LogP contribution is -2.57. The van der Waals surface area contributed by atoms with Gasteiger partial charge in [0.1, 0.15) is 18.1 Å². The first-order valence-corrected chi connectivity index (χ1v) is 11.0. The van der Waals surface area contributed by atoms with Crippen LogP contribution in [0, 0.1) is 5.92 Å². The highest BCUT2D eigenvalue weighted by molar-refractivity contribution is 5.94. The van der Waals surface area contributed by atoms with Gasteiger partial charge in [0, 0.05) is 13.0 Å². The van der Waals surface area contributed by atoms with Crippen LogP contribution in [0.1, 0.15) is 52.9 Å². The summed E-state index contributed by atoms with van der Waals surface area (Å²) in [6, 6.07) is -4.38. The van der Waals surface area contributed by atoms with Gasteiger partial charge in [0.2, 0.25) is 23.6 Å². The van der Waals surface area contributed by atoms with Gasteiger partial charge in [-0.15, -0.1) is 0 Å². The molecule has 0 aromatic carbocycles. The molecule has 0 bridgehead atoms. The van der Waals surface area contributed by atoms with E-state index < -0.39 is 53.8 Å². The maximum absolute atomic E-state index is 12.9. The molecule has 14 nitrogen and oxygen atoms in total. The van der Waals surface area contributed by atoms with Crippen molar-refractivity contribution in [3.63, 3.8) is 0 Å². The van der Waals surface area contributed by atoms with E-state index in [4.69, 9.17) is 28.0 Å². The first-order valence-electron chi connectivity index (χ1n) is 11.0. The quantitative estimate of drug-likeness (QED) is 0.0637. The fourth-order valence-corrected chi connectivity index (χ4v) is 2.84. The number of carbonyl (C=O) groups is 5. The van der Waals surface area contributed by atoms with E-state index in [0.717, 1.165) is 0 Å². The Morgan fingerprint density at radius 1 is 0.853 bits per heavy atom. The third-order valence-corrected chi connectivity index (χ3v) is 4.69. The highest BCUT2D eigenvalue weighted by Crippen LogP contribution is 2.08. The molecule has 0 saturated heterocycles. The van der Waals surface area contributed by atoms with Crippen molar-refractivity contribution in [1.29, 1.82) is 0 Å². The maximum Gasteiger partial charge on any atom is 0.325 e. The number of nitrogens with two attached hydrogens (primary N) is 4. The Morgan fingerprint density at radius 3 is 1.91 bits per heavy atom. The molecule has 0 radical (unpaired) electrons. The average Bonchev–Trinajstić information content (AvgIpc) is 2.72. The molecule has 0 spiro atoms. The molecular formula is C20H38N8O6. The number of carboxylic acid groups (broad SMARTS) is 1. The molecule has 12 N–H and O–H groups in total. The summed E-state index contributed by atoms with van der Waals surface area (Å²) in [4.78, 5) is 64.0. The van der Waals surface area contributed by atoms with Crippen molar-refractivity contribution in [2.45, 2.75) is 77.0 Å². The highest BCUT2D eigenvalue weighted by Gasteiger charge is 2.30. The smallest absolute Gasteiger partial charge is 0.325 e. The predicted octanol–water partition coefficient (Wildman–Crippen LogP) is -2.76. The third-order valence-electron chi connectivity index (χ3n) is 4.69. The van der Waals surface area contributed by atoms with Crippen molar-refractivity contribution in [2.24, 2.45) is 33.8 Å². The van der Waals surface area contributed by atoms with Crippen LogP contribution in [0.4, 0.5) is 0 Å². The summed E-state index contributed by atoms with van der Waals surface area (Å²) < 4.78 is 0. The number of primary amides is 1. The normalized spacial score (nSPS) is 14.3. The zero-order valence-electron chi connectivity index (χ0n) is 19.9. The number of hydrogen-bond acceptors (Lipinski definition) is 7. The lowest BCUT2D eigenvalue weighted by molar-refractivity contribution is -0.142. The predicted molar refractivity (Wildman–Crippen MR) is 125 cm³/mol. The van der Waals surface area contributed by atoms with Gasteiger partial charge >= 0.3 is 5.97 Å². The Hall–Kier alpha value is -3.42. The van der Waals surface area contributed by atoms with E-state index in [1.165, 1.54) is 6.92 Å². The maximum atomic E-state index is 12.9. The van der Waals surface area contributed by atoms with E-state index >= 15 is 0 Å². The molecule has 4 unspecified atom stereocenters. The second-order valence-corrected chi connectivity index (χ2v) is 8.38. The van der Waals surface area contributed by atoms with E-state index in [-0.39, 0.29) is 44.1 Å². The van der Waals surface area contributed by atoms with Gasteiger partial charge in [-0.1, -0.05) is 13.8 Å². The fraction of sp³-hybridized carbons (Fsp3) is 0.700. The molecule has 0 heterocycles. The van der Waals surface area contributed by atoms with Crippen LogP contribution in [0.5, 0.6) is 0 Å². The SMILES string of the molecule is CC(C)CC(NC(=O)C(CCC(N)=O)NC(=O)C(N)CCCN=C(N)N)C(=O)NC(C)C(=O)O. The Kier molecular flexibility index (Phi) is 13.9. The van der Waals surface area contributed by atoms with Gasteiger partial charge in [-0.25, -0.2) is 0 Å². The van der Waals surface area contributed by atoms with E-state index in [1.54, 1.807) is 0 Å². The number of aliphatic carboxylic acids is 1. The molecule has 0 aliphatic rings. The molecule has 4 atom stereocenters. The molecular weight excluding hydrogens is 448 g/mol. The Bertz CT molecular complexity index is 753. The van der Waals surface area contributed by atoms with Crippen molar-refractivity contribution in [3.05, 3.63) is 0 Å². The second-order valence-electron chi connectivity index (χ2n) is 8.38. The molecule has 0 rings (SSSR count). The van der Waals surface area contributed by atoms with Gasteiger partial charge < -0.3 is 44.0 Å². The number of nitrogens with one attached hydrogen (secondary N) is 3. The van der Waals surface area contributed by atoms with Gasteiger partial charge in [0.15, 0.2) is 5.96 Å². The number of amides is 4. The van der Waals surface area contributed by atoms with Gasteiger partial charge in [0.05, 0.1) is 6.04 Å². The molecule has 0 saturated carbocycles. The molecule has 0 aromatic rings. The number of nitrogens with zero attached hydrogens (tertiary/aromatic N) is 1. The van der Waals surface area contributed by atoms with Crippen LogP contribution in [-0.4, -0.2) is 71.4 Å². The van der Waals surface area contributed by atoms with E-state index in [1.807, 2.05) is 13.8 Å². The van der Waals surface area contributed by atoms with Crippen LogP contribution in [0.3, 0.4) is 0 Å². The minimum Gasteiger partial charge on any atom is -0.480 e. The van der Waals surface area contributed by atoms with Crippen molar-refractivity contribution >= 4 is 35.6 Å². The summed E-state index contributed by atoms with van der Waals surface area (Å²) in [7, 11) is 0. The second kappa shape index (κ2) is 15.4.